The Morgan fingerprint density at radius 2 is 2.33 bits per heavy atom. The second kappa shape index (κ2) is 2.73. The first-order chi connectivity index (χ1) is 5.53. The van der Waals surface area contributed by atoms with Gasteiger partial charge >= 0.3 is 5.97 Å². The second-order valence-corrected chi connectivity index (χ2v) is 3.08. The maximum absolute atomic E-state index is 11.4. The lowest BCUT2D eigenvalue weighted by atomic mass is 9.80. The van der Waals surface area contributed by atoms with Gasteiger partial charge in [0.1, 0.15) is 12.0 Å². The molecule has 1 saturated heterocycles. The van der Waals surface area contributed by atoms with E-state index in [1.54, 1.807) is 13.8 Å². The average molecular weight is 168 g/mol. The molecule has 1 aliphatic rings. The van der Waals surface area contributed by atoms with E-state index in [4.69, 9.17) is 4.74 Å². The Morgan fingerprint density at radius 1 is 1.75 bits per heavy atom. The molecule has 1 fully saturated rings. The van der Waals surface area contributed by atoms with Crippen LogP contribution in [0.4, 0.5) is 0 Å². The summed E-state index contributed by atoms with van der Waals surface area (Å²) >= 11 is 0. The van der Waals surface area contributed by atoms with Crippen molar-refractivity contribution in [3.8, 4) is 0 Å². The van der Waals surface area contributed by atoms with Gasteiger partial charge in [0.25, 0.3) is 0 Å². The third kappa shape index (κ3) is 0.967. The largest absolute Gasteiger partial charge is 0.460 e. The van der Waals surface area contributed by atoms with Crippen LogP contribution in [-0.4, -0.2) is 18.4 Å². The highest BCUT2D eigenvalue weighted by Crippen LogP contribution is 2.35. The van der Waals surface area contributed by atoms with Crippen molar-refractivity contribution in [3.05, 3.63) is 12.2 Å². The van der Waals surface area contributed by atoms with Crippen LogP contribution in [0.5, 0.6) is 0 Å². The van der Waals surface area contributed by atoms with E-state index in [1.165, 1.54) is 0 Å². The van der Waals surface area contributed by atoms with Crippen LogP contribution in [-0.2, 0) is 14.3 Å². The highest BCUT2D eigenvalue weighted by molar-refractivity contribution is 6.07. The highest BCUT2D eigenvalue weighted by Gasteiger charge is 2.48. The molecule has 0 aliphatic carbocycles. The zero-order valence-corrected chi connectivity index (χ0v) is 7.35. The first kappa shape index (κ1) is 8.97. The van der Waals surface area contributed by atoms with Crippen LogP contribution < -0.4 is 0 Å². The van der Waals surface area contributed by atoms with Gasteiger partial charge in [0.05, 0.1) is 0 Å². The summed E-state index contributed by atoms with van der Waals surface area (Å²) in [5.74, 6) is -0.575. The SMILES string of the molecule is C=C1COC(=O)C1(C)C(=O)CC. The van der Waals surface area contributed by atoms with Crippen LogP contribution in [0.1, 0.15) is 20.3 Å². The van der Waals surface area contributed by atoms with Gasteiger partial charge in [-0.25, -0.2) is 0 Å². The lowest BCUT2D eigenvalue weighted by Gasteiger charge is -2.17. The number of ketones is 1. The molecule has 0 aromatic rings. The highest BCUT2D eigenvalue weighted by atomic mass is 16.5. The molecule has 0 saturated carbocycles. The standard InChI is InChI=1S/C9H12O3/c1-4-7(10)9(3)6(2)5-12-8(9)11/h2,4-5H2,1,3H3. The van der Waals surface area contributed by atoms with Gasteiger partial charge in [-0.3, -0.25) is 9.59 Å². The molecule has 1 rings (SSSR count). The second-order valence-electron chi connectivity index (χ2n) is 3.08. The van der Waals surface area contributed by atoms with Crippen LogP contribution in [0.25, 0.3) is 0 Å². The van der Waals surface area contributed by atoms with Gasteiger partial charge in [-0.1, -0.05) is 13.5 Å². The van der Waals surface area contributed by atoms with Crippen LogP contribution in [0.2, 0.25) is 0 Å². The third-order valence-corrected chi connectivity index (χ3v) is 2.37. The summed E-state index contributed by atoms with van der Waals surface area (Å²) in [6, 6.07) is 0. The van der Waals surface area contributed by atoms with Crippen molar-refractivity contribution in [2.24, 2.45) is 5.41 Å². The summed E-state index contributed by atoms with van der Waals surface area (Å²) in [4.78, 5) is 22.6. The average Bonchev–Trinajstić information content (AvgIpc) is 2.32. The zero-order chi connectivity index (χ0) is 9.35. The molecule has 3 nitrogen and oxygen atoms in total. The number of carbonyl (C=O) groups excluding carboxylic acids is 2. The van der Waals surface area contributed by atoms with E-state index in [0.29, 0.717) is 12.0 Å². The van der Waals surface area contributed by atoms with Crippen molar-refractivity contribution in [2.75, 3.05) is 6.61 Å². The Morgan fingerprint density at radius 3 is 2.67 bits per heavy atom. The fourth-order valence-corrected chi connectivity index (χ4v) is 1.25. The van der Waals surface area contributed by atoms with Crippen molar-refractivity contribution >= 4 is 11.8 Å². The molecule has 1 aliphatic heterocycles. The number of carbonyl (C=O) groups is 2. The Bertz CT molecular complexity index is 236. The predicted octanol–water partition coefficient (Wildman–Crippen LogP) is 1.08. The van der Waals surface area contributed by atoms with E-state index in [-0.39, 0.29) is 12.4 Å². The molecule has 0 aromatic carbocycles. The molecule has 66 valence electrons. The van der Waals surface area contributed by atoms with Crippen LogP contribution in [0, 0.1) is 5.41 Å². The number of Topliss-reactive ketones (excluding diaryl/α,β-unsaturated/α-hetero) is 1. The smallest absolute Gasteiger partial charge is 0.323 e. The fourth-order valence-electron chi connectivity index (χ4n) is 1.25. The molecule has 0 amide bonds. The number of rotatable bonds is 2. The summed E-state index contributed by atoms with van der Waals surface area (Å²) in [5.41, 5.74) is -0.506. The van der Waals surface area contributed by atoms with Crippen molar-refractivity contribution < 1.29 is 14.3 Å². The Labute approximate surface area is 71.4 Å². The van der Waals surface area contributed by atoms with E-state index >= 15 is 0 Å². The molecule has 0 radical (unpaired) electrons. The van der Waals surface area contributed by atoms with Crippen molar-refractivity contribution in [1.29, 1.82) is 0 Å². The van der Waals surface area contributed by atoms with Gasteiger partial charge in [0.15, 0.2) is 5.78 Å². The maximum Gasteiger partial charge on any atom is 0.323 e. The number of cyclic esters (lactones) is 1. The lowest BCUT2D eigenvalue weighted by molar-refractivity contribution is -0.149. The topological polar surface area (TPSA) is 43.4 Å². The quantitative estimate of drug-likeness (QED) is 0.352. The molecule has 12 heavy (non-hydrogen) atoms. The van der Waals surface area contributed by atoms with E-state index in [9.17, 15) is 9.59 Å². The summed E-state index contributed by atoms with van der Waals surface area (Å²) in [6.45, 7) is 7.15. The van der Waals surface area contributed by atoms with E-state index in [1.807, 2.05) is 0 Å². The van der Waals surface area contributed by atoms with Crippen molar-refractivity contribution in [1.82, 2.24) is 0 Å². The molecule has 1 atom stereocenters. The number of hydrogen-bond donors (Lipinski definition) is 0. The summed E-state index contributed by atoms with van der Waals surface area (Å²) in [6.07, 6.45) is 0.338. The first-order valence-electron chi connectivity index (χ1n) is 3.92. The normalized spacial score (nSPS) is 28.8. The molecule has 1 heterocycles. The predicted molar refractivity (Wildman–Crippen MR) is 43.5 cm³/mol. The molecule has 1 unspecified atom stereocenters. The lowest BCUT2D eigenvalue weighted by Crippen LogP contribution is -2.33. The molecular weight excluding hydrogens is 156 g/mol. The van der Waals surface area contributed by atoms with E-state index in [0.717, 1.165) is 0 Å². The zero-order valence-electron chi connectivity index (χ0n) is 7.35. The third-order valence-electron chi connectivity index (χ3n) is 2.37. The monoisotopic (exact) mass is 168 g/mol. The summed E-state index contributed by atoms with van der Waals surface area (Å²) in [5, 5.41) is 0. The molecule has 0 spiro atoms. The number of ether oxygens (including phenoxy) is 1. The molecule has 0 N–H and O–H groups in total. The molecule has 0 aromatic heterocycles. The van der Waals surface area contributed by atoms with Gasteiger partial charge in [-0.2, -0.15) is 0 Å². The number of hydrogen-bond acceptors (Lipinski definition) is 3. The minimum atomic E-state index is -1.07. The van der Waals surface area contributed by atoms with Gasteiger partial charge < -0.3 is 4.74 Å². The number of esters is 1. The molecular formula is C9H12O3. The van der Waals surface area contributed by atoms with E-state index < -0.39 is 11.4 Å². The van der Waals surface area contributed by atoms with Gasteiger partial charge in [0.2, 0.25) is 0 Å². The van der Waals surface area contributed by atoms with Crippen LogP contribution in [0.15, 0.2) is 12.2 Å². The van der Waals surface area contributed by atoms with E-state index in [2.05, 4.69) is 6.58 Å². The van der Waals surface area contributed by atoms with Gasteiger partial charge in [0, 0.05) is 6.42 Å². The molecule has 3 heteroatoms. The Kier molecular flexibility index (Phi) is 2.04. The molecule has 0 bridgehead atoms. The Hall–Kier alpha value is -1.12. The van der Waals surface area contributed by atoms with Crippen LogP contribution >= 0.6 is 0 Å². The van der Waals surface area contributed by atoms with Crippen LogP contribution in [0.3, 0.4) is 0 Å². The minimum absolute atomic E-state index is 0.116. The Balaban J connectivity index is 3.02. The fraction of sp³-hybridized carbons (Fsp3) is 0.556. The summed E-state index contributed by atoms with van der Waals surface area (Å²) in [7, 11) is 0. The van der Waals surface area contributed by atoms with Crippen molar-refractivity contribution in [2.45, 2.75) is 20.3 Å². The first-order valence-corrected chi connectivity index (χ1v) is 3.92. The van der Waals surface area contributed by atoms with Crippen molar-refractivity contribution in [3.63, 3.8) is 0 Å². The minimum Gasteiger partial charge on any atom is -0.460 e. The van der Waals surface area contributed by atoms with Gasteiger partial charge in [-0.15, -0.1) is 0 Å². The summed E-state index contributed by atoms with van der Waals surface area (Å²) < 4.78 is 4.74. The van der Waals surface area contributed by atoms with Gasteiger partial charge in [-0.05, 0) is 12.5 Å². The maximum atomic E-state index is 11.4.